The average molecular weight is 837 g/mol. The van der Waals surface area contributed by atoms with Crippen molar-refractivity contribution in [2.75, 3.05) is 38.0 Å². The molecule has 8 heteroatoms. The van der Waals surface area contributed by atoms with Gasteiger partial charge >= 0.3 is 0 Å². The summed E-state index contributed by atoms with van der Waals surface area (Å²) in [5, 5.41) is 20.4. The van der Waals surface area contributed by atoms with Gasteiger partial charge in [-0.15, -0.1) is 0 Å². The average Bonchev–Trinajstić information content (AvgIpc) is 3.87. The van der Waals surface area contributed by atoms with E-state index in [-0.39, 0.29) is 0 Å². The Labute approximate surface area is 373 Å². The lowest BCUT2D eigenvalue weighted by Crippen LogP contribution is -2.08. The van der Waals surface area contributed by atoms with Gasteiger partial charge in [0.2, 0.25) is 0 Å². The fraction of sp³-hybridized carbons (Fsp3) is 0.236. The molecule has 3 N–H and O–H groups in total. The first-order valence-electron chi connectivity index (χ1n) is 21.7. The van der Waals surface area contributed by atoms with Crippen LogP contribution in [0.15, 0.2) is 133 Å². The van der Waals surface area contributed by atoms with Gasteiger partial charge in [0, 0.05) is 74.6 Å². The van der Waals surface area contributed by atoms with Gasteiger partial charge in [-0.1, -0.05) is 84.9 Å². The predicted molar refractivity (Wildman–Crippen MR) is 262 cm³/mol. The Bertz CT molecular complexity index is 2740. The molecule has 8 aromatic rings. The highest BCUT2D eigenvalue weighted by atomic mass is 16.3. The number of benzene rings is 6. The number of aromatic nitrogens is 4. The van der Waals surface area contributed by atoms with Crippen LogP contribution in [0, 0.1) is 27.7 Å². The van der Waals surface area contributed by atoms with Crippen LogP contribution in [0.1, 0.15) is 44.8 Å². The number of nitrogens with zero attached hydrogens (tertiary/aromatic N) is 5. The maximum absolute atomic E-state index is 10.2. The van der Waals surface area contributed by atoms with Crippen molar-refractivity contribution in [2.45, 2.75) is 53.4 Å². The van der Waals surface area contributed by atoms with Crippen molar-refractivity contribution < 1.29 is 10.2 Å². The van der Waals surface area contributed by atoms with E-state index in [1.54, 1.807) is 0 Å². The van der Waals surface area contributed by atoms with Gasteiger partial charge in [0.25, 0.3) is 0 Å². The van der Waals surface area contributed by atoms with Crippen molar-refractivity contribution in [1.82, 2.24) is 19.5 Å². The van der Waals surface area contributed by atoms with Crippen molar-refractivity contribution in [3.05, 3.63) is 178 Å². The molecule has 0 spiro atoms. The van der Waals surface area contributed by atoms with Crippen LogP contribution in [-0.4, -0.2) is 57.9 Å². The van der Waals surface area contributed by atoms with Crippen LogP contribution in [-0.2, 0) is 32.7 Å². The van der Waals surface area contributed by atoms with Gasteiger partial charge < -0.3 is 29.6 Å². The number of rotatable bonds is 12. The first kappa shape index (κ1) is 44.0. The van der Waals surface area contributed by atoms with Crippen molar-refractivity contribution in [3.8, 4) is 56.8 Å². The zero-order valence-corrected chi connectivity index (χ0v) is 38.2. The molecule has 2 aromatic heterocycles. The largest absolute Gasteiger partial charge is 0.507 e. The number of phenolic OH excluding ortho intramolecular Hbond substituents is 2. The van der Waals surface area contributed by atoms with Crippen LogP contribution in [0.3, 0.4) is 0 Å². The number of H-pyrrole nitrogens is 1. The molecule has 0 amide bonds. The Balaban J connectivity index is 0.000000189. The summed E-state index contributed by atoms with van der Waals surface area (Å²) >= 11 is 0. The Hall–Kier alpha value is -7.06. The summed E-state index contributed by atoms with van der Waals surface area (Å²) in [6.07, 6.45) is 3.61. The van der Waals surface area contributed by atoms with Crippen LogP contribution in [0.2, 0.25) is 0 Å². The lowest BCUT2D eigenvalue weighted by atomic mass is 10.0. The molecule has 0 radical (unpaired) electrons. The molecule has 0 atom stereocenters. The Morgan fingerprint density at radius 3 is 1.43 bits per heavy atom. The molecule has 0 unspecified atom stereocenters. The third-order valence-electron chi connectivity index (χ3n) is 11.8. The number of aryl methyl sites for hydroxylation is 8. The minimum Gasteiger partial charge on any atom is -0.507 e. The summed E-state index contributed by atoms with van der Waals surface area (Å²) in [6, 6.07) is 46.3. The maximum Gasteiger partial charge on any atom is 0.140 e. The second kappa shape index (κ2) is 19.3. The van der Waals surface area contributed by atoms with E-state index in [1.807, 2.05) is 72.1 Å². The van der Waals surface area contributed by atoms with Gasteiger partial charge in [0.1, 0.15) is 23.1 Å². The summed E-state index contributed by atoms with van der Waals surface area (Å²) in [4.78, 5) is 17.9. The van der Waals surface area contributed by atoms with Gasteiger partial charge in [0.05, 0.1) is 17.1 Å². The molecule has 0 aliphatic carbocycles. The fourth-order valence-electron chi connectivity index (χ4n) is 8.15. The van der Waals surface area contributed by atoms with E-state index in [9.17, 15) is 10.2 Å². The van der Waals surface area contributed by atoms with Crippen LogP contribution >= 0.6 is 0 Å². The molecular weight excluding hydrogens is 777 g/mol. The lowest BCUT2D eigenvalue weighted by molar-refractivity contribution is 0.466. The lowest BCUT2D eigenvalue weighted by Gasteiger charge is -2.14. The Morgan fingerprint density at radius 2 is 0.952 bits per heavy atom. The molecule has 8 rings (SSSR count). The van der Waals surface area contributed by atoms with Crippen molar-refractivity contribution in [3.63, 3.8) is 0 Å². The van der Waals surface area contributed by atoms with Crippen molar-refractivity contribution in [2.24, 2.45) is 7.05 Å². The number of aromatic hydroxyl groups is 2. The van der Waals surface area contributed by atoms with Crippen molar-refractivity contribution in [1.29, 1.82) is 0 Å². The minimum atomic E-state index is 0.346. The van der Waals surface area contributed by atoms with Crippen molar-refractivity contribution >= 4 is 11.4 Å². The summed E-state index contributed by atoms with van der Waals surface area (Å²) in [5.74, 6) is 2.46. The highest BCUT2D eigenvalue weighted by Crippen LogP contribution is 2.35. The zero-order valence-electron chi connectivity index (χ0n) is 38.2. The minimum absolute atomic E-state index is 0.346. The van der Waals surface area contributed by atoms with Gasteiger partial charge in [-0.2, -0.15) is 0 Å². The number of hydrogen-bond donors (Lipinski definition) is 3. The summed E-state index contributed by atoms with van der Waals surface area (Å²) in [7, 11) is 10.3. The Morgan fingerprint density at radius 1 is 0.508 bits per heavy atom. The van der Waals surface area contributed by atoms with E-state index in [2.05, 4.69) is 144 Å². The molecule has 8 nitrogen and oxygen atoms in total. The number of hydrogen-bond acceptors (Lipinski definition) is 6. The molecular formula is C55H60N6O2. The summed E-state index contributed by atoms with van der Waals surface area (Å²) < 4.78 is 2.19. The van der Waals surface area contributed by atoms with E-state index in [1.165, 1.54) is 16.8 Å². The van der Waals surface area contributed by atoms with E-state index in [4.69, 9.17) is 9.97 Å². The van der Waals surface area contributed by atoms with Gasteiger partial charge in [-0.3, -0.25) is 0 Å². The molecule has 322 valence electrons. The topological polar surface area (TPSA) is 93.4 Å². The first-order chi connectivity index (χ1) is 30.3. The van der Waals surface area contributed by atoms with Crippen LogP contribution in [0.25, 0.3) is 45.3 Å². The smallest absolute Gasteiger partial charge is 0.140 e. The van der Waals surface area contributed by atoms with E-state index >= 15 is 0 Å². The maximum atomic E-state index is 10.2. The van der Waals surface area contributed by atoms with Crippen LogP contribution in [0.4, 0.5) is 11.4 Å². The molecule has 0 saturated carbocycles. The highest BCUT2D eigenvalue weighted by Gasteiger charge is 2.20. The summed E-state index contributed by atoms with van der Waals surface area (Å²) in [5.41, 5.74) is 17.0. The zero-order chi connectivity index (χ0) is 44.8. The third-order valence-corrected chi connectivity index (χ3v) is 11.8. The third kappa shape index (κ3) is 10.2. The molecule has 0 aliphatic rings. The molecule has 0 saturated heterocycles. The SMILES string of the molecule is Cc1cc(-c2nc(-c3ccc(N(C)C)cc3)c(CCc3ccccc3)[nH]2)cc(C)c1O.Cc1cc(-c2nc(CCc3ccccc3)c(-c3ccc(N(C)C)cc3)n2C)cc(C)c1O. The highest BCUT2D eigenvalue weighted by molar-refractivity contribution is 5.73. The number of anilines is 2. The monoisotopic (exact) mass is 836 g/mol. The van der Waals surface area contributed by atoms with E-state index < -0.39 is 0 Å². The predicted octanol–water partition coefficient (Wildman–Crippen LogP) is 11.8. The van der Waals surface area contributed by atoms with E-state index in [0.29, 0.717) is 11.5 Å². The molecule has 63 heavy (non-hydrogen) atoms. The van der Waals surface area contributed by atoms with Crippen LogP contribution < -0.4 is 9.80 Å². The van der Waals surface area contributed by atoms with Gasteiger partial charge in [-0.05, 0) is 135 Å². The quantitative estimate of drug-likeness (QED) is 0.113. The van der Waals surface area contributed by atoms with Gasteiger partial charge in [-0.25, -0.2) is 9.97 Å². The number of imidazole rings is 2. The molecule has 0 aliphatic heterocycles. The van der Waals surface area contributed by atoms with E-state index in [0.717, 1.165) is 110 Å². The normalized spacial score (nSPS) is 11.0. The number of nitrogens with one attached hydrogen (secondary N) is 1. The molecule has 2 heterocycles. The standard InChI is InChI=1S/C28H31N3O.C27H29N3O/c1-19-17-23(18-20(2)27(19)32)28-29-25(16-11-21-9-7-6-8-10-21)26(31(28)5)22-12-14-24(15-13-22)30(3)4;1-18-16-22(17-19(2)26(18)31)27-28-24(15-10-20-8-6-5-7-9-20)25(29-27)21-11-13-23(14-12-21)30(3)4/h6-10,12-15,17-18,32H,11,16H2,1-5H3;5-9,11-14,16-17,31H,10,15H2,1-4H3,(H,28,29). The Kier molecular flexibility index (Phi) is 13.5. The fourth-order valence-corrected chi connectivity index (χ4v) is 8.15. The van der Waals surface area contributed by atoms with Gasteiger partial charge in [0.15, 0.2) is 0 Å². The van der Waals surface area contributed by atoms with Crippen LogP contribution in [0.5, 0.6) is 11.5 Å². The second-order valence-corrected chi connectivity index (χ2v) is 17.0. The number of aromatic amines is 1. The summed E-state index contributed by atoms with van der Waals surface area (Å²) in [6.45, 7) is 7.72. The molecule has 6 aromatic carbocycles. The first-order valence-corrected chi connectivity index (χ1v) is 21.7. The second-order valence-electron chi connectivity index (χ2n) is 17.0. The molecule has 0 fully saturated rings. The molecule has 0 bridgehead atoms. The number of phenols is 2.